The first-order chi connectivity index (χ1) is 19.8. The molecule has 0 aromatic rings. The zero-order valence-electron chi connectivity index (χ0n) is 27.2. The molecule has 1 saturated heterocycles. The van der Waals surface area contributed by atoms with Crippen molar-refractivity contribution in [1.82, 2.24) is 31.1 Å². The van der Waals surface area contributed by atoms with Crippen LogP contribution in [0, 0.1) is 5.41 Å². The number of Topliss-reactive ketones (excluding diaryl/α,β-unsaturated/α-hetero) is 1. The van der Waals surface area contributed by atoms with Gasteiger partial charge >= 0.3 is 6.09 Å². The van der Waals surface area contributed by atoms with Gasteiger partial charge in [-0.15, -0.1) is 0 Å². The fourth-order valence-electron chi connectivity index (χ4n) is 4.75. The smallest absolute Gasteiger partial charge is 0.408 e. The summed E-state index contributed by atoms with van der Waals surface area (Å²) in [5.74, 6) is -4.04. The predicted molar refractivity (Wildman–Crippen MR) is 158 cm³/mol. The maximum Gasteiger partial charge on any atom is 0.408 e. The zero-order chi connectivity index (χ0) is 33.2. The molecule has 2 unspecified atom stereocenters. The Morgan fingerprint density at radius 2 is 1.56 bits per heavy atom. The summed E-state index contributed by atoms with van der Waals surface area (Å²) in [7, 11) is 3.08. The highest BCUT2D eigenvalue weighted by molar-refractivity contribution is 6.38. The van der Waals surface area contributed by atoms with Gasteiger partial charge in [-0.2, -0.15) is 0 Å². The molecule has 0 spiro atoms. The molecule has 5 atom stereocenters. The second-order valence-electron chi connectivity index (χ2n) is 12.5. The highest BCUT2D eigenvalue weighted by Gasteiger charge is 2.45. The lowest BCUT2D eigenvalue weighted by molar-refractivity contribution is -0.145. The van der Waals surface area contributed by atoms with Crippen LogP contribution in [0.4, 0.5) is 4.79 Å². The molecule has 14 nitrogen and oxygen atoms in total. The molecule has 14 heteroatoms. The Bertz CT molecular complexity index is 1050. The van der Waals surface area contributed by atoms with Crippen LogP contribution in [0.25, 0.3) is 0 Å². The average Bonchev–Trinajstić information content (AvgIpc) is 3.28. The van der Waals surface area contributed by atoms with Gasteiger partial charge in [-0.1, -0.05) is 34.1 Å². The van der Waals surface area contributed by atoms with E-state index in [1.807, 2.05) is 0 Å². The molecule has 4 N–H and O–H groups in total. The number of hydrogen-bond acceptors (Lipinski definition) is 8. The molecule has 0 bridgehead atoms. The van der Waals surface area contributed by atoms with E-state index in [0.29, 0.717) is 19.3 Å². The van der Waals surface area contributed by atoms with Crippen LogP contribution in [0.5, 0.6) is 0 Å². The molecular formula is C29H50N6O8. The van der Waals surface area contributed by atoms with Gasteiger partial charge in [-0.25, -0.2) is 4.79 Å². The number of hydrogen-bond donors (Lipinski definition) is 4. The Morgan fingerprint density at radius 3 is 2.07 bits per heavy atom. The Balaban J connectivity index is 2.99. The first-order valence-electron chi connectivity index (χ1n) is 14.7. The second-order valence-corrected chi connectivity index (χ2v) is 12.5. The third kappa shape index (κ3) is 11.1. The molecule has 43 heavy (non-hydrogen) atoms. The molecule has 1 fully saturated rings. The third-order valence-electron chi connectivity index (χ3n) is 6.98. The lowest BCUT2D eigenvalue weighted by Crippen LogP contribution is -2.60. The molecule has 0 aromatic heterocycles. The summed E-state index contributed by atoms with van der Waals surface area (Å²) in [6.07, 6.45) is 0.330. The minimum atomic E-state index is -1.18. The minimum Gasteiger partial charge on any atom is -0.447 e. The summed E-state index contributed by atoms with van der Waals surface area (Å²) in [4.78, 5) is 92.1. The lowest BCUT2D eigenvalue weighted by Gasteiger charge is -2.37. The number of carbonyl (C=O) groups is 7. The van der Waals surface area contributed by atoms with Crippen LogP contribution < -0.4 is 21.3 Å². The Labute approximate surface area is 254 Å². The zero-order valence-corrected chi connectivity index (χ0v) is 27.2. The van der Waals surface area contributed by atoms with E-state index in [1.165, 1.54) is 16.7 Å². The van der Waals surface area contributed by atoms with E-state index in [9.17, 15) is 33.6 Å². The van der Waals surface area contributed by atoms with Gasteiger partial charge in [-0.05, 0) is 52.4 Å². The minimum absolute atomic E-state index is 0.155. The van der Waals surface area contributed by atoms with E-state index in [1.54, 1.807) is 62.6 Å². The Kier molecular flexibility index (Phi) is 14.1. The molecule has 1 heterocycles. The van der Waals surface area contributed by atoms with Crippen molar-refractivity contribution in [1.29, 1.82) is 0 Å². The molecular weight excluding hydrogens is 560 g/mol. The average molecular weight is 611 g/mol. The summed E-state index contributed by atoms with van der Waals surface area (Å²) in [6.45, 7) is 13.3. The molecule has 0 aromatic carbocycles. The van der Waals surface area contributed by atoms with Crippen molar-refractivity contribution in [3.8, 4) is 0 Å². The van der Waals surface area contributed by atoms with Crippen LogP contribution in [0.1, 0.15) is 81.1 Å². The maximum absolute atomic E-state index is 13.8. The molecule has 0 radical (unpaired) electrons. The lowest BCUT2D eigenvalue weighted by atomic mass is 9.85. The van der Waals surface area contributed by atoms with Crippen molar-refractivity contribution in [3.05, 3.63) is 0 Å². The van der Waals surface area contributed by atoms with Gasteiger partial charge in [0, 0.05) is 20.1 Å². The number of likely N-dealkylation sites (N-methyl/N-ethyl adjacent to an activating group) is 1. The highest BCUT2D eigenvalue weighted by atomic mass is 16.6. The molecule has 0 saturated carbocycles. The van der Waals surface area contributed by atoms with Crippen molar-refractivity contribution < 1.29 is 38.3 Å². The number of carbonyl (C=O) groups excluding carboxylic acids is 7. The molecule has 1 rings (SSSR count). The van der Waals surface area contributed by atoms with Crippen molar-refractivity contribution in [2.24, 2.45) is 5.41 Å². The van der Waals surface area contributed by atoms with Crippen LogP contribution >= 0.6 is 0 Å². The van der Waals surface area contributed by atoms with E-state index < -0.39 is 77.7 Å². The van der Waals surface area contributed by atoms with Crippen LogP contribution in [0.2, 0.25) is 0 Å². The standard InChI is InChI=1S/C29H50N6O8/c1-11-12-19(22(37)25(39)30-15-21(36)31-18(5)26(40)34(9)10)32-24(38)20-14-13-17(4)35(20)27(41)23(29(6,7)8)33-28(42)43-16(2)3/h16-20,23H,11-15H2,1-10H3,(H,30,39)(H,31,36)(H,32,38)(H,33,42)/t17?,18-,19?,20-,23+/m0/s1. The quantitative estimate of drug-likeness (QED) is 0.217. The van der Waals surface area contributed by atoms with Gasteiger partial charge in [0.1, 0.15) is 18.1 Å². The summed E-state index contributed by atoms with van der Waals surface area (Å²) >= 11 is 0. The summed E-state index contributed by atoms with van der Waals surface area (Å²) in [5.41, 5.74) is -0.709. The van der Waals surface area contributed by atoms with Crippen molar-refractivity contribution in [2.75, 3.05) is 20.6 Å². The number of nitrogens with one attached hydrogen (secondary N) is 4. The van der Waals surface area contributed by atoms with Crippen LogP contribution in [0.3, 0.4) is 0 Å². The summed E-state index contributed by atoms with van der Waals surface area (Å²) < 4.78 is 5.17. The topological polar surface area (TPSA) is 183 Å². The number of ketones is 1. The first-order valence-corrected chi connectivity index (χ1v) is 14.7. The number of amides is 6. The second kappa shape index (κ2) is 16.2. The van der Waals surface area contributed by atoms with Crippen LogP contribution in [-0.4, -0.2) is 108 Å². The van der Waals surface area contributed by atoms with Crippen LogP contribution in [0.15, 0.2) is 0 Å². The number of alkyl carbamates (subject to hydrolysis) is 1. The largest absolute Gasteiger partial charge is 0.447 e. The van der Waals surface area contributed by atoms with E-state index in [0.717, 1.165) is 0 Å². The Morgan fingerprint density at radius 1 is 0.953 bits per heavy atom. The van der Waals surface area contributed by atoms with Gasteiger partial charge < -0.3 is 35.8 Å². The number of rotatable bonds is 13. The summed E-state index contributed by atoms with van der Waals surface area (Å²) in [6, 6.07) is -4.24. The van der Waals surface area contributed by atoms with Crippen molar-refractivity contribution in [2.45, 2.75) is 117 Å². The fourth-order valence-corrected chi connectivity index (χ4v) is 4.75. The SMILES string of the molecule is CCCC(NC(=O)[C@@H]1CCC(C)N1C(=O)[C@@H](NC(=O)OC(C)C)C(C)(C)C)C(=O)C(=O)NCC(=O)N[C@@H](C)C(=O)N(C)C. The molecule has 244 valence electrons. The van der Waals surface area contributed by atoms with Gasteiger partial charge in [-0.3, -0.25) is 28.8 Å². The number of ether oxygens (including phenoxy) is 1. The van der Waals surface area contributed by atoms with E-state index in [-0.39, 0.29) is 18.4 Å². The van der Waals surface area contributed by atoms with Gasteiger partial charge in [0.25, 0.3) is 5.91 Å². The van der Waals surface area contributed by atoms with Gasteiger partial charge in [0.05, 0.1) is 18.7 Å². The number of nitrogens with zero attached hydrogens (tertiary/aromatic N) is 2. The predicted octanol–water partition coefficient (Wildman–Crippen LogP) is 0.478. The van der Waals surface area contributed by atoms with E-state index >= 15 is 0 Å². The number of likely N-dealkylation sites (tertiary alicyclic amines) is 1. The van der Waals surface area contributed by atoms with Crippen molar-refractivity contribution >= 4 is 41.4 Å². The maximum atomic E-state index is 13.8. The van der Waals surface area contributed by atoms with Gasteiger partial charge in [0.15, 0.2) is 0 Å². The Hall–Kier alpha value is -3.71. The van der Waals surface area contributed by atoms with Gasteiger partial charge in [0.2, 0.25) is 29.4 Å². The van der Waals surface area contributed by atoms with Crippen LogP contribution in [-0.2, 0) is 33.5 Å². The molecule has 0 aliphatic carbocycles. The van der Waals surface area contributed by atoms with Crippen molar-refractivity contribution in [3.63, 3.8) is 0 Å². The van der Waals surface area contributed by atoms with E-state index in [2.05, 4.69) is 21.3 Å². The molecule has 6 amide bonds. The normalized spacial score (nSPS) is 18.6. The monoisotopic (exact) mass is 610 g/mol. The fraction of sp³-hybridized carbons (Fsp3) is 0.759. The third-order valence-corrected chi connectivity index (χ3v) is 6.98. The molecule has 1 aliphatic rings. The summed E-state index contributed by atoms with van der Waals surface area (Å²) in [5, 5.41) is 9.96. The molecule has 1 aliphatic heterocycles. The van der Waals surface area contributed by atoms with E-state index in [4.69, 9.17) is 4.74 Å². The first kappa shape index (κ1) is 37.3. The highest BCUT2D eigenvalue weighted by Crippen LogP contribution is 2.29.